The highest BCUT2D eigenvalue weighted by molar-refractivity contribution is 6.74. The number of carbonyl (C=O) groups excluding carboxylic acids is 1. The molecule has 2 atom stereocenters. The molecule has 0 aliphatic carbocycles. The predicted octanol–water partition coefficient (Wildman–Crippen LogP) is 13.4. The fraction of sp³-hybridized carbons (Fsp3) is 0.929. The number of aliphatic hydroxyl groups is 1. The Morgan fingerprint density at radius 1 is 0.638 bits per heavy atom. The van der Waals surface area contributed by atoms with Gasteiger partial charge in [0.05, 0.1) is 18.8 Å². The first kappa shape index (κ1) is 46.3. The van der Waals surface area contributed by atoms with Crippen molar-refractivity contribution in [2.24, 2.45) is 0 Å². The Balaban J connectivity index is 4.30. The van der Waals surface area contributed by atoms with Gasteiger partial charge in [0.2, 0.25) is 5.91 Å². The lowest BCUT2D eigenvalue weighted by Gasteiger charge is -2.37. The zero-order chi connectivity index (χ0) is 35.1. The minimum Gasteiger partial charge on any atom is -0.415 e. The highest BCUT2D eigenvalue weighted by Gasteiger charge is 2.38. The summed E-state index contributed by atoms with van der Waals surface area (Å²) in [4.78, 5) is 12.9. The largest absolute Gasteiger partial charge is 0.415 e. The molecule has 280 valence electrons. The molecule has 5 heteroatoms. The van der Waals surface area contributed by atoms with E-state index in [-0.39, 0.29) is 10.9 Å². The molecule has 0 heterocycles. The van der Waals surface area contributed by atoms with Crippen molar-refractivity contribution in [1.82, 2.24) is 5.32 Å². The molecule has 0 saturated heterocycles. The number of rotatable bonds is 34. The normalized spacial score (nSPS) is 13.8. The lowest BCUT2D eigenvalue weighted by molar-refractivity contribution is -0.122. The van der Waals surface area contributed by atoms with Gasteiger partial charge in [0, 0.05) is 6.42 Å². The molecule has 0 aromatic heterocycles. The van der Waals surface area contributed by atoms with Crippen molar-refractivity contribution in [3.8, 4) is 0 Å². The molecule has 0 rings (SSSR count). The van der Waals surface area contributed by atoms with Crippen LogP contribution in [-0.2, 0) is 9.22 Å². The number of carbonyl (C=O) groups is 1. The Hall–Kier alpha value is -0.653. The molecule has 0 spiro atoms. The summed E-state index contributed by atoms with van der Waals surface area (Å²) in [6.45, 7) is 16.1. The molecule has 0 aromatic carbocycles. The van der Waals surface area contributed by atoms with Crippen LogP contribution in [0.15, 0.2) is 12.2 Å². The smallest absolute Gasteiger partial charge is 0.220 e. The zero-order valence-electron chi connectivity index (χ0n) is 33.1. The van der Waals surface area contributed by atoms with Gasteiger partial charge in [-0.3, -0.25) is 4.79 Å². The first-order valence-corrected chi connectivity index (χ1v) is 23.7. The van der Waals surface area contributed by atoms with Gasteiger partial charge in [0.25, 0.3) is 0 Å². The maximum absolute atomic E-state index is 12.9. The second kappa shape index (κ2) is 31.3. The zero-order valence-corrected chi connectivity index (χ0v) is 34.1. The van der Waals surface area contributed by atoms with E-state index in [1.165, 1.54) is 148 Å². The van der Waals surface area contributed by atoms with Gasteiger partial charge in [-0.2, -0.15) is 0 Å². The van der Waals surface area contributed by atoms with Crippen molar-refractivity contribution in [1.29, 1.82) is 0 Å². The molecule has 2 N–H and O–H groups in total. The van der Waals surface area contributed by atoms with Crippen LogP contribution in [0.1, 0.15) is 214 Å². The molecule has 0 fully saturated rings. The number of amides is 1. The van der Waals surface area contributed by atoms with E-state index in [0.29, 0.717) is 13.0 Å². The minimum atomic E-state index is -1.99. The number of hydrogen-bond donors (Lipinski definition) is 2. The van der Waals surface area contributed by atoms with Crippen molar-refractivity contribution < 1.29 is 14.3 Å². The number of hydrogen-bond acceptors (Lipinski definition) is 3. The van der Waals surface area contributed by atoms with E-state index in [1.54, 1.807) is 0 Å². The maximum atomic E-state index is 12.9. The molecule has 47 heavy (non-hydrogen) atoms. The second-order valence-corrected chi connectivity index (χ2v) is 21.0. The van der Waals surface area contributed by atoms with Gasteiger partial charge in [-0.05, 0) is 37.4 Å². The summed E-state index contributed by atoms with van der Waals surface area (Å²) in [5.74, 6) is 0.0429. The highest BCUT2D eigenvalue weighted by atomic mass is 28.4. The van der Waals surface area contributed by atoms with Gasteiger partial charge in [-0.1, -0.05) is 201 Å². The van der Waals surface area contributed by atoms with Gasteiger partial charge in [-0.25, -0.2) is 0 Å². The number of allylic oxidation sites excluding steroid dienone is 1. The average Bonchev–Trinajstić information content (AvgIpc) is 3.02. The van der Waals surface area contributed by atoms with Gasteiger partial charge >= 0.3 is 0 Å². The first-order chi connectivity index (χ1) is 22.5. The summed E-state index contributed by atoms with van der Waals surface area (Å²) in [5.41, 5.74) is 0. The molecular formula is C42H85NO3Si. The third-order valence-electron chi connectivity index (χ3n) is 10.5. The van der Waals surface area contributed by atoms with E-state index in [4.69, 9.17) is 4.43 Å². The fourth-order valence-electron chi connectivity index (χ4n) is 5.97. The second-order valence-electron chi connectivity index (χ2n) is 16.2. The Kier molecular flexibility index (Phi) is 30.9. The van der Waals surface area contributed by atoms with Crippen molar-refractivity contribution in [2.45, 2.75) is 245 Å². The quantitative estimate of drug-likeness (QED) is 0.0404. The third-order valence-corrected chi connectivity index (χ3v) is 15.0. The molecular weight excluding hydrogens is 595 g/mol. The van der Waals surface area contributed by atoms with Gasteiger partial charge in [-0.15, -0.1) is 0 Å². The Bertz CT molecular complexity index is 717. The summed E-state index contributed by atoms with van der Waals surface area (Å²) in [5, 5.41) is 14.3. The van der Waals surface area contributed by atoms with Crippen LogP contribution in [0.25, 0.3) is 0 Å². The van der Waals surface area contributed by atoms with Crippen LogP contribution in [0, 0.1) is 0 Å². The van der Waals surface area contributed by atoms with Crippen molar-refractivity contribution in [3.63, 3.8) is 0 Å². The monoisotopic (exact) mass is 680 g/mol. The van der Waals surface area contributed by atoms with E-state index in [1.807, 2.05) is 6.08 Å². The van der Waals surface area contributed by atoms with Crippen molar-refractivity contribution in [2.75, 3.05) is 6.61 Å². The molecule has 0 aliphatic rings. The van der Waals surface area contributed by atoms with Crippen molar-refractivity contribution >= 4 is 14.2 Å². The number of nitrogens with one attached hydrogen (secondary N) is 1. The van der Waals surface area contributed by atoms with Crippen LogP contribution in [0.4, 0.5) is 0 Å². The topological polar surface area (TPSA) is 58.6 Å². The number of aliphatic hydroxyl groups excluding tert-OH is 1. The molecule has 0 bridgehead atoms. The molecule has 0 aliphatic heterocycles. The number of unbranched alkanes of at least 4 members (excludes halogenated alkanes) is 25. The molecule has 1 amide bonds. The molecule has 0 aromatic rings. The third kappa shape index (κ3) is 28.8. The van der Waals surface area contributed by atoms with E-state index >= 15 is 0 Å². The summed E-state index contributed by atoms with van der Waals surface area (Å²) in [6, 6.07) is -0.401. The first-order valence-electron chi connectivity index (χ1n) is 20.8. The van der Waals surface area contributed by atoms with Crippen LogP contribution < -0.4 is 5.32 Å². The maximum Gasteiger partial charge on any atom is 0.220 e. The fourth-order valence-corrected chi connectivity index (χ4v) is 7.00. The summed E-state index contributed by atoms with van der Waals surface area (Å²) in [7, 11) is -1.99. The van der Waals surface area contributed by atoms with E-state index in [9.17, 15) is 9.90 Å². The van der Waals surface area contributed by atoms with Crippen LogP contribution in [0.2, 0.25) is 18.1 Å². The van der Waals surface area contributed by atoms with Gasteiger partial charge in [0.15, 0.2) is 8.32 Å². The molecule has 4 nitrogen and oxygen atoms in total. The summed E-state index contributed by atoms with van der Waals surface area (Å²) in [6.07, 6.45) is 39.4. The molecule has 0 unspecified atom stereocenters. The van der Waals surface area contributed by atoms with Crippen LogP contribution in [-0.4, -0.2) is 38.1 Å². The van der Waals surface area contributed by atoms with Crippen molar-refractivity contribution in [3.05, 3.63) is 12.2 Å². The van der Waals surface area contributed by atoms with Crippen LogP contribution in [0.5, 0.6) is 0 Å². The predicted molar refractivity (Wildman–Crippen MR) is 211 cm³/mol. The van der Waals surface area contributed by atoms with Gasteiger partial charge < -0.3 is 14.8 Å². The highest BCUT2D eigenvalue weighted by Crippen LogP contribution is 2.36. The summed E-state index contributed by atoms with van der Waals surface area (Å²) < 4.78 is 6.46. The van der Waals surface area contributed by atoms with Crippen LogP contribution in [0.3, 0.4) is 0 Å². The standard InChI is InChI=1S/C42H85NO3Si/c1-8-10-12-14-16-18-20-22-23-25-27-29-31-33-35-37-41(45)43-39(38-46-47(6,7)42(3,4)5)40(44)36-34-32-30-28-26-24-21-19-17-15-13-11-9-2/h34,36,39-40,44H,8-33,35,37-38H2,1-7H3,(H,43,45)/b36-34+/t39-,40+/m0/s1. The van der Waals surface area contributed by atoms with Crippen LogP contribution >= 0.6 is 0 Å². The lowest BCUT2D eigenvalue weighted by Crippen LogP contribution is -2.50. The Labute approximate surface area is 296 Å². The van der Waals surface area contributed by atoms with E-state index < -0.39 is 20.5 Å². The molecule has 0 saturated carbocycles. The SMILES string of the molecule is CCCCCCCCCCCCC/C=C/[C@@H](O)[C@H](CO[Si](C)(C)C(C)(C)C)NC(=O)CCCCCCCCCCCCCCCCC. The molecule has 0 radical (unpaired) electrons. The van der Waals surface area contributed by atoms with Gasteiger partial charge in [0.1, 0.15) is 0 Å². The Morgan fingerprint density at radius 2 is 1.00 bits per heavy atom. The average molecular weight is 680 g/mol. The summed E-state index contributed by atoms with van der Waals surface area (Å²) >= 11 is 0. The van der Waals surface area contributed by atoms with E-state index in [0.717, 1.165) is 25.7 Å². The lowest BCUT2D eigenvalue weighted by atomic mass is 10.0. The minimum absolute atomic E-state index is 0.0429. The van der Waals surface area contributed by atoms with E-state index in [2.05, 4.69) is 59.1 Å². The Morgan fingerprint density at radius 3 is 1.38 bits per heavy atom.